The molecule has 0 aliphatic heterocycles. The Kier molecular flexibility index (Phi) is 20.0. The fourth-order valence-electron chi connectivity index (χ4n) is 2.60. The summed E-state index contributed by atoms with van der Waals surface area (Å²) in [5, 5.41) is 0. The molecule has 0 aromatic rings. The zero-order valence-corrected chi connectivity index (χ0v) is 25.2. The first kappa shape index (κ1) is 31.6. The first-order valence-corrected chi connectivity index (χ1v) is 20.7. The third kappa shape index (κ3) is 13.3. The second-order valence-electron chi connectivity index (χ2n) is 6.47. The summed E-state index contributed by atoms with van der Waals surface area (Å²) in [5.41, 5.74) is 0. The molecule has 182 valence electrons. The van der Waals surface area contributed by atoms with E-state index in [1.54, 1.807) is 40.1 Å². The van der Waals surface area contributed by atoms with Crippen LogP contribution >= 0.6 is 40.1 Å². The average Bonchev–Trinajstić information content (AvgIpc) is 2.66. The molecular formula is C18H42O6S4Si2. The third-order valence-corrected chi connectivity index (χ3v) is 22.6. The van der Waals surface area contributed by atoms with Gasteiger partial charge in [0.2, 0.25) is 0 Å². The number of hydrogen-bond acceptors (Lipinski definition) is 10. The van der Waals surface area contributed by atoms with Crippen molar-refractivity contribution in [3.63, 3.8) is 0 Å². The molecule has 0 heterocycles. The van der Waals surface area contributed by atoms with Gasteiger partial charge < -0.3 is 26.6 Å². The first-order valence-electron chi connectivity index (χ1n) is 11.0. The summed E-state index contributed by atoms with van der Waals surface area (Å²) < 4.78 is 36.8. The van der Waals surface area contributed by atoms with E-state index >= 15 is 0 Å². The molecular weight excluding hydrogens is 497 g/mol. The molecule has 0 aliphatic rings. The summed E-state index contributed by atoms with van der Waals surface area (Å²) >= 11 is 0. The van der Waals surface area contributed by atoms with Gasteiger partial charge in [-0.3, -0.25) is 0 Å². The lowest BCUT2D eigenvalue weighted by Crippen LogP contribution is -2.45. The van der Waals surface area contributed by atoms with E-state index in [-0.39, 0.29) is 12.2 Å². The van der Waals surface area contributed by atoms with Crippen molar-refractivity contribution in [3.05, 3.63) is 0 Å². The molecule has 12 heteroatoms. The maximum absolute atomic E-state index is 6.31. The maximum Gasteiger partial charge on any atom is 0.585 e. The van der Waals surface area contributed by atoms with E-state index in [0.717, 1.165) is 25.7 Å². The summed E-state index contributed by atoms with van der Waals surface area (Å²) in [6.07, 6.45) is 4.30. The minimum absolute atomic E-state index is 0.101. The van der Waals surface area contributed by atoms with Crippen molar-refractivity contribution in [1.29, 1.82) is 0 Å². The number of rotatable bonds is 21. The molecule has 2 atom stereocenters. The van der Waals surface area contributed by atoms with Gasteiger partial charge in [-0.25, -0.2) is 0 Å². The van der Waals surface area contributed by atoms with Crippen LogP contribution in [-0.4, -0.2) is 54.5 Å². The van der Waals surface area contributed by atoms with Gasteiger partial charge in [-0.05, 0) is 94.5 Å². The highest BCUT2D eigenvalue weighted by Gasteiger charge is 2.48. The summed E-state index contributed by atoms with van der Waals surface area (Å²) in [5.74, 6) is 0. The molecule has 6 nitrogen and oxygen atoms in total. The van der Waals surface area contributed by atoms with Gasteiger partial charge in [0, 0.05) is 38.6 Å². The first-order chi connectivity index (χ1) is 14.4. The van der Waals surface area contributed by atoms with Gasteiger partial charge in [-0.2, -0.15) is 0 Å². The van der Waals surface area contributed by atoms with Crippen LogP contribution in [0.25, 0.3) is 0 Å². The topological polar surface area (TPSA) is 55.4 Å². The van der Waals surface area contributed by atoms with E-state index in [1.807, 2.05) is 27.7 Å². The monoisotopic (exact) mass is 538 g/mol. The molecule has 0 radical (unpaired) electrons. The largest absolute Gasteiger partial charge is 0.585 e. The summed E-state index contributed by atoms with van der Waals surface area (Å²) in [6, 6.07) is 0. The number of hydrogen-bond donors (Lipinski definition) is 0. The molecule has 0 rings (SSSR count). The van der Waals surface area contributed by atoms with Crippen LogP contribution in [0.2, 0.25) is 0 Å². The molecule has 0 saturated heterocycles. The van der Waals surface area contributed by atoms with Crippen molar-refractivity contribution in [3.8, 4) is 0 Å². The quantitative estimate of drug-likeness (QED) is 0.0859. The second kappa shape index (κ2) is 19.0. The van der Waals surface area contributed by atoms with Crippen LogP contribution in [0.3, 0.4) is 0 Å². The van der Waals surface area contributed by atoms with Crippen molar-refractivity contribution in [2.24, 2.45) is 0 Å². The van der Waals surface area contributed by atoms with Gasteiger partial charge in [0.25, 0.3) is 0 Å². The summed E-state index contributed by atoms with van der Waals surface area (Å²) in [4.78, 5) is 0. The van der Waals surface area contributed by atoms with Crippen LogP contribution in [0.5, 0.6) is 0 Å². The van der Waals surface area contributed by atoms with Crippen LogP contribution < -0.4 is 0 Å². The summed E-state index contributed by atoms with van der Waals surface area (Å²) in [7, 11) is 0.653. The zero-order chi connectivity index (χ0) is 22.9. The fraction of sp³-hybridized carbons (Fsp3) is 1.00. The Balaban J connectivity index is 5.07. The Hall–Kier alpha value is 1.59. The highest BCUT2D eigenvalue weighted by atomic mass is 33.7. The predicted octanol–water partition coefficient (Wildman–Crippen LogP) is 7.09. The SMILES string of the molecule is CCCC(C)O[Si](OCC)(OCC)SSSS[Si](OCC)(OCC)OC(C)CCC. The molecule has 30 heavy (non-hydrogen) atoms. The standard InChI is InChI=1S/C18H42O6S4Si2/c1-9-15-17(7)23-29(19-11-3,20-12-4)27-25-26-28-30(21-13-5,22-14-6)24-18(8)16-10-2/h17-18H,9-16H2,1-8H3. The Morgan fingerprint density at radius 1 is 0.567 bits per heavy atom. The van der Waals surface area contributed by atoms with Crippen molar-refractivity contribution in [2.75, 3.05) is 26.4 Å². The molecule has 0 N–H and O–H groups in total. The van der Waals surface area contributed by atoms with Crippen LogP contribution in [0.1, 0.15) is 81.1 Å². The van der Waals surface area contributed by atoms with Gasteiger partial charge in [0.15, 0.2) is 0 Å². The van der Waals surface area contributed by atoms with Gasteiger partial charge >= 0.3 is 15.9 Å². The Morgan fingerprint density at radius 2 is 0.867 bits per heavy atom. The summed E-state index contributed by atoms with van der Waals surface area (Å²) in [6.45, 7) is 18.6. The van der Waals surface area contributed by atoms with Gasteiger partial charge in [-0.1, -0.05) is 26.7 Å². The van der Waals surface area contributed by atoms with Crippen LogP contribution in [-0.2, 0) is 26.6 Å². The Morgan fingerprint density at radius 3 is 1.10 bits per heavy atom. The van der Waals surface area contributed by atoms with Gasteiger partial charge in [0.05, 0.1) is 0 Å². The highest BCUT2D eigenvalue weighted by molar-refractivity contribution is 9.31. The predicted molar refractivity (Wildman–Crippen MR) is 139 cm³/mol. The van der Waals surface area contributed by atoms with Crippen LogP contribution in [0, 0.1) is 0 Å². The van der Waals surface area contributed by atoms with Gasteiger partial charge in [0.1, 0.15) is 0 Å². The molecule has 0 bridgehead atoms. The van der Waals surface area contributed by atoms with Crippen molar-refractivity contribution >= 4 is 56.0 Å². The lowest BCUT2D eigenvalue weighted by atomic mass is 10.2. The minimum Gasteiger partial charge on any atom is -0.365 e. The lowest BCUT2D eigenvalue weighted by molar-refractivity contribution is 0.0572. The molecule has 0 fully saturated rings. The Bertz CT molecular complexity index is 367. The van der Waals surface area contributed by atoms with Crippen molar-refractivity contribution in [2.45, 2.75) is 93.3 Å². The molecule has 0 aromatic heterocycles. The van der Waals surface area contributed by atoms with E-state index in [4.69, 9.17) is 26.6 Å². The normalized spacial score (nSPS) is 14.8. The third-order valence-electron chi connectivity index (χ3n) is 3.67. The second-order valence-corrected chi connectivity index (χ2v) is 21.0. The molecule has 0 spiro atoms. The minimum atomic E-state index is -2.84. The van der Waals surface area contributed by atoms with Gasteiger partial charge in [-0.15, -0.1) is 0 Å². The smallest absolute Gasteiger partial charge is 0.365 e. The molecule has 0 saturated carbocycles. The van der Waals surface area contributed by atoms with E-state index in [0.29, 0.717) is 26.4 Å². The van der Waals surface area contributed by atoms with Crippen molar-refractivity contribution < 1.29 is 26.6 Å². The maximum atomic E-state index is 6.31. The Labute approximate surface area is 201 Å². The van der Waals surface area contributed by atoms with E-state index in [9.17, 15) is 0 Å². The van der Waals surface area contributed by atoms with Crippen LogP contribution in [0.15, 0.2) is 0 Å². The zero-order valence-electron chi connectivity index (χ0n) is 19.9. The van der Waals surface area contributed by atoms with E-state index in [1.165, 1.54) is 0 Å². The highest BCUT2D eigenvalue weighted by Crippen LogP contribution is 2.52. The van der Waals surface area contributed by atoms with Crippen LogP contribution in [0.4, 0.5) is 0 Å². The molecule has 0 amide bonds. The molecule has 0 aromatic carbocycles. The van der Waals surface area contributed by atoms with E-state index in [2.05, 4.69) is 27.7 Å². The van der Waals surface area contributed by atoms with Crippen molar-refractivity contribution in [1.82, 2.24) is 0 Å². The van der Waals surface area contributed by atoms with E-state index < -0.39 is 15.9 Å². The molecule has 0 aliphatic carbocycles. The average molecular weight is 539 g/mol. The molecule has 2 unspecified atom stereocenters. The fourth-order valence-corrected chi connectivity index (χ4v) is 25.0. The lowest BCUT2D eigenvalue weighted by Gasteiger charge is -2.31.